The number of rotatable bonds is 6. The summed E-state index contributed by atoms with van der Waals surface area (Å²) in [6, 6.07) is 12.7. The summed E-state index contributed by atoms with van der Waals surface area (Å²) in [6.07, 6.45) is 3.11. The fourth-order valence-electron chi connectivity index (χ4n) is 2.27. The largest absolute Gasteiger partial charge is 0.455 e. The van der Waals surface area contributed by atoms with Crippen LogP contribution in [0.4, 0.5) is 5.69 Å². The van der Waals surface area contributed by atoms with Crippen LogP contribution in [0.5, 0.6) is 11.5 Å². The number of nitrogens with one attached hydrogen (secondary N) is 1. The Balaban J connectivity index is 1.64. The Morgan fingerprint density at radius 3 is 2.48 bits per heavy atom. The number of amides is 1. The molecular weight excluding hydrogens is 439 g/mol. The van der Waals surface area contributed by atoms with Gasteiger partial charge in [-0.05, 0) is 36.4 Å². The van der Waals surface area contributed by atoms with Gasteiger partial charge >= 0.3 is 5.97 Å². The number of ether oxygens (including phenoxy) is 2. The van der Waals surface area contributed by atoms with E-state index in [0.29, 0.717) is 5.75 Å². The molecule has 0 saturated heterocycles. The molecule has 2 aromatic carbocycles. The summed E-state index contributed by atoms with van der Waals surface area (Å²) in [4.78, 5) is 28.5. The molecule has 0 bridgehead atoms. The SMILES string of the molecule is O=C(COC(=O)c1ccccc1Oc1cccnc1)Nc1cc(Cl)c(Cl)cc1Cl. The number of carbonyl (C=O) groups is 2. The molecule has 0 saturated carbocycles. The molecule has 29 heavy (non-hydrogen) atoms. The van der Waals surface area contributed by atoms with Gasteiger partial charge in [0.1, 0.15) is 17.1 Å². The number of para-hydroxylation sites is 1. The lowest BCUT2D eigenvalue weighted by atomic mass is 10.2. The van der Waals surface area contributed by atoms with Crippen molar-refractivity contribution in [3.63, 3.8) is 0 Å². The van der Waals surface area contributed by atoms with Crippen LogP contribution in [0.1, 0.15) is 10.4 Å². The van der Waals surface area contributed by atoms with Crippen LogP contribution >= 0.6 is 34.8 Å². The first-order chi connectivity index (χ1) is 13.9. The first kappa shape index (κ1) is 20.9. The molecule has 0 aliphatic rings. The summed E-state index contributed by atoms with van der Waals surface area (Å²) in [7, 11) is 0. The lowest BCUT2D eigenvalue weighted by Crippen LogP contribution is -2.21. The fraction of sp³-hybridized carbons (Fsp3) is 0.0500. The van der Waals surface area contributed by atoms with Gasteiger partial charge in [0.15, 0.2) is 6.61 Å². The summed E-state index contributed by atoms with van der Waals surface area (Å²) in [5, 5.41) is 3.19. The molecule has 1 N–H and O–H groups in total. The van der Waals surface area contributed by atoms with Gasteiger partial charge in [-0.1, -0.05) is 46.9 Å². The highest BCUT2D eigenvalue weighted by Gasteiger charge is 2.17. The standard InChI is InChI=1S/C20H13Cl3N2O4/c21-14-8-16(23)17(9-15(14)22)25-19(26)11-28-20(27)13-5-1-2-6-18(13)29-12-4-3-7-24-10-12/h1-10H,11H2,(H,25,26). The van der Waals surface area contributed by atoms with Crippen molar-refractivity contribution in [2.45, 2.75) is 0 Å². The summed E-state index contributed by atoms with van der Waals surface area (Å²) >= 11 is 17.8. The molecule has 9 heteroatoms. The zero-order valence-electron chi connectivity index (χ0n) is 14.7. The van der Waals surface area contributed by atoms with Gasteiger partial charge in [0.05, 0.1) is 27.0 Å². The van der Waals surface area contributed by atoms with Crippen molar-refractivity contribution in [1.82, 2.24) is 4.98 Å². The average molecular weight is 452 g/mol. The lowest BCUT2D eigenvalue weighted by Gasteiger charge is -2.11. The van der Waals surface area contributed by atoms with Gasteiger partial charge < -0.3 is 14.8 Å². The van der Waals surface area contributed by atoms with Gasteiger partial charge in [0.25, 0.3) is 5.91 Å². The Morgan fingerprint density at radius 2 is 1.72 bits per heavy atom. The molecule has 0 spiro atoms. The van der Waals surface area contributed by atoms with Gasteiger partial charge in [0, 0.05) is 6.20 Å². The lowest BCUT2D eigenvalue weighted by molar-refractivity contribution is -0.119. The number of esters is 1. The van der Waals surface area contributed by atoms with E-state index in [1.54, 1.807) is 36.5 Å². The first-order valence-corrected chi connectivity index (χ1v) is 9.36. The maximum absolute atomic E-state index is 12.4. The van der Waals surface area contributed by atoms with E-state index in [9.17, 15) is 9.59 Å². The van der Waals surface area contributed by atoms with Crippen LogP contribution in [0.25, 0.3) is 0 Å². The normalized spacial score (nSPS) is 10.3. The molecule has 0 atom stereocenters. The number of aromatic nitrogens is 1. The molecule has 0 radical (unpaired) electrons. The summed E-state index contributed by atoms with van der Waals surface area (Å²) in [6.45, 7) is -0.531. The highest BCUT2D eigenvalue weighted by Crippen LogP contribution is 2.32. The van der Waals surface area contributed by atoms with Gasteiger partial charge in [0.2, 0.25) is 0 Å². The van der Waals surface area contributed by atoms with Gasteiger partial charge in [-0.15, -0.1) is 0 Å². The van der Waals surface area contributed by atoms with Crippen LogP contribution in [0.2, 0.25) is 15.1 Å². The van der Waals surface area contributed by atoms with Crippen molar-refractivity contribution in [2.75, 3.05) is 11.9 Å². The highest BCUT2D eigenvalue weighted by atomic mass is 35.5. The number of hydrogen-bond donors (Lipinski definition) is 1. The molecule has 1 amide bonds. The molecular formula is C20H13Cl3N2O4. The number of hydrogen-bond acceptors (Lipinski definition) is 5. The van der Waals surface area contributed by atoms with E-state index in [4.69, 9.17) is 44.3 Å². The predicted octanol–water partition coefficient (Wildman–Crippen LogP) is 5.63. The van der Waals surface area contributed by atoms with Gasteiger partial charge in [-0.3, -0.25) is 9.78 Å². The molecule has 0 fully saturated rings. The Hall–Kier alpha value is -2.80. The minimum absolute atomic E-state index is 0.164. The Morgan fingerprint density at radius 1 is 0.966 bits per heavy atom. The topological polar surface area (TPSA) is 77.5 Å². The van der Waals surface area contributed by atoms with Crippen LogP contribution in [0.3, 0.4) is 0 Å². The third kappa shape index (κ3) is 5.60. The van der Waals surface area contributed by atoms with Crippen LogP contribution in [0, 0.1) is 0 Å². The van der Waals surface area contributed by atoms with E-state index < -0.39 is 18.5 Å². The third-order valence-corrected chi connectivity index (χ3v) is 4.62. The van der Waals surface area contributed by atoms with E-state index in [2.05, 4.69) is 10.3 Å². The number of nitrogens with zero attached hydrogens (tertiary/aromatic N) is 1. The molecule has 1 aromatic heterocycles. The van der Waals surface area contributed by atoms with E-state index in [1.807, 2.05) is 0 Å². The monoisotopic (exact) mass is 450 g/mol. The number of anilines is 1. The minimum atomic E-state index is -0.722. The summed E-state index contributed by atoms with van der Waals surface area (Å²) in [5.41, 5.74) is 0.416. The molecule has 3 aromatic rings. The van der Waals surface area contributed by atoms with Crippen molar-refractivity contribution < 1.29 is 19.1 Å². The maximum Gasteiger partial charge on any atom is 0.342 e. The second-order valence-electron chi connectivity index (χ2n) is 5.66. The molecule has 148 valence electrons. The highest BCUT2D eigenvalue weighted by molar-refractivity contribution is 6.44. The average Bonchev–Trinajstić information content (AvgIpc) is 2.71. The van der Waals surface area contributed by atoms with E-state index >= 15 is 0 Å². The van der Waals surface area contributed by atoms with Crippen molar-refractivity contribution in [1.29, 1.82) is 0 Å². The predicted molar refractivity (Wildman–Crippen MR) is 111 cm³/mol. The van der Waals surface area contributed by atoms with Crippen LogP contribution in [0.15, 0.2) is 60.9 Å². The van der Waals surface area contributed by atoms with E-state index in [1.165, 1.54) is 24.4 Å². The van der Waals surface area contributed by atoms with Crippen molar-refractivity contribution in [3.05, 3.63) is 81.6 Å². The fourth-order valence-corrected chi connectivity index (χ4v) is 2.87. The number of benzene rings is 2. The van der Waals surface area contributed by atoms with Gasteiger partial charge in [-0.2, -0.15) is 0 Å². The number of pyridine rings is 1. The quantitative estimate of drug-likeness (QED) is 0.388. The molecule has 6 nitrogen and oxygen atoms in total. The van der Waals surface area contributed by atoms with E-state index in [0.717, 1.165) is 0 Å². The zero-order valence-corrected chi connectivity index (χ0v) is 17.0. The van der Waals surface area contributed by atoms with Crippen LogP contribution in [-0.4, -0.2) is 23.5 Å². The second kappa shape index (κ2) is 9.60. The molecule has 0 aliphatic carbocycles. The van der Waals surface area contributed by atoms with Crippen molar-refractivity contribution >= 4 is 52.4 Å². The van der Waals surface area contributed by atoms with Crippen molar-refractivity contribution in [2.24, 2.45) is 0 Å². The molecule has 3 rings (SSSR count). The Kier molecular flexibility index (Phi) is 6.93. The van der Waals surface area contributed by atoms with E-state index in [-0.39, 0.29) is 32.1 Å². The Labute approximate surface area is 181 Å². The minimum Gasteiger partial charge on any atom is -0.455 e. The Bertz CT molecular complexity index is 1050. The first-order valence-electron chi connectivity index (χ1n) is 8.22. The molecule has 0 unspecified atom stereocenters. The molecule has 1 heterocycles. The summed E-state index contributed by atoms with van der Waals surface area (Å²) in [5.74, 6) is -0.581. The van der Waals surface area contributed by atoms with Crippen LogP contribution in [-0.2, 0) is 9.53 Å². The zero-order chi connectivity index (χ0) is 20.8. The van der Waals surface area contributed by atoms with Crippen molar-refractivity contribution in [3.8, 4) is 11.5 Å². The smallest absolute Gasteiger partial charge is 0.342 e. The second-order valence-corrected chi connectivity index (χ2v) is 6.88. The maximum atomic E-state index is 12.4. The third-order valence-electron chi connectivity index (χ3n) is 3.59. The van der Waals surface area contributed by atoms with Gasteiger partial charge in [-0.25, -0.2) is 4.79 Å². The molecule has 0 aliphatic heterocycles. The number of halogens is 3. The number of carbonyl (C=O) groups excluding carboxylic acids is 2. The van der Waals surface area contributed by atoms with Crippen LogP contribution < -0.4 is 10.1 Å². The summed E-state index contributed by atoms with van der Waals surface area (Å²) < 4.78 is 10.8.